The van der Waals surface area contributed by atoms with Crippen LogP contribution in [0.4, 0.5) is 5.82 Å². The lowest BCUT2D eigenvalue weighted by Gasteiger charge is -1.96. The van der Waals surface area contributed by atoms with Gasteiger partial charge < -0.3 is 10.3 Å². The maximum atomic E-state index is 5.77. The smallest absolute Gasteiger partial charge is 0.182 e. The molecule has 72 valence electrons. The van der Waals surface area contributed by atoms with Crippen molar-refractivity contribution < 1.29 is 4.52 Å². The van der Waals surface area contributed by atoms with Crippen molar-refractivity contribution in [2.45, 2.75) is 0 Å². The zero-order valence-electron chi connectivity index (χ0n) is 7.00. The molecule has 0 saturated carbocycles. The number of benzene rings is 1. The minimum absolute atomic E-state index is 0.413. The molecule has 0 fully saturated rings. The quantitative estimate of drug-likeness (QED) is 0.821. The molecule has 14 heavy (non-hydrogen) atoms. The van der Waals surface area contributed by atoms with E-state index in [-0.39, 0.29) is 0 Å². The fourth-order valence-electron chi connectivity index (χ4n) is 1.07. The Morgan fingerprint density at radius 2 is 1.93 bits per heavy atom. The third-order valence-corrected chi connectivity index (χ3v) is 3.06. The maximum absolute atomic E-state index is 5.77. The van der Waals surface area contributed by atoms with Gasteiger partial charge in [-0.25, -0.2) is 0 Å². The van der Waals surface area contributed by atoms with E-state index in [4.69, 9.17) is 21.9 Å². The molecule has 0 saturated heterocycles. The topological polar surface area (TPSA) is 52.0 Å². The first-order valence-electron chi connectivity index (χ1n) is 3.85. The molecule has 2 N–H and O–H groups in total. The van der Waals surface area contributed by atoms with E-state index in [0.717, 1.165) is 9.13 Å². The SMILES string of the molecule is Nc1noc(-c2ccc(Cl)cc2)c1I. The fraction of sp³-hybridized carbons (Fsp3) is 0. The van der Waals surface area contributed by atoms with Gasteiger partial charge in [0.25, 0.3) is 0 Å². The van der Waals surface area contributed by atoms with E-state index in [0.29, 0.717) is 16.6 Å². The molecule has 2 aromatic rings. The molecular weight excluding hydrogens is 314 g/mol. The third-order valence-electron chi connectivity index (χ3n) is 1.77. The summed E-state index contributed by atoms with van der Waals surface area (Å²) in [6.45, 7) is 0. The van der Waals surface area contributed by atoms with Gasteiger partial charge in [0, 0.05) is 10.6 Å². The van der Waals surface area contributed by atoms with Gasteiger partial charge in [-0.3, -0.25) is 0 Å². The molecule has 0 radical (unpaired) electrons. The first-order chi connectivity index (χ1) is 6.68. The van der Waals surface area contributed by atoms with Gasteiger partial charge in [0.1, 0.15) is 3.57 Å². The molecule has 2 rings (SSSR count). The summed E-state index contributed by atoms with van der Waals surface area (Å²) in [5.41, 5.74) is 6.49. The molecule has 1 aromatic carbocycles. The number of nitrogens with two attached hydrogens (primary N) is 1. The molecule has 0 aliphatic heterocycles. The van der Waals surface area contributed by atoms with E-state index in [1.54, 1.807) is 12.1 Å². The van der Waals surface area contributed by atoms with Crippen LogP contribution in [0.2, 0.25) is 5.02 Å². The van der Waals surface area contributed by atoms with Crippen LogP contribution in [0.3, 0.4) is 0 Å². The van der Waals surface area contributed by atoms with Gasteiger partial charge in [0.2, 0.25) is 0 Å². The lowest BCUT2D eigenvalue weighted by Crippen LogP contribution is -1.86. The van der Waals surface area contributed by atoms with Crippen LogP contribution in [0.1, 0.15) is 0 Å². The number of hydrogen-bond donors (Lipinski definition) is 1. The summed E-state index contributed by atoms with van der Waals surface area (Å²) in [5.74, 6) is 1.09. The van der Waals surface area contributed by atoms with Crippen molar-refractivity contribution >= 4 is 40.0 Å². The Hall–Kier alpha value is -0.750. The highest BCUT2D eigenvalue weighted by molar-refractivity contribution is 14.1. The van der Waals surface area contributed by atoms with Crippen LogP contribution in [0.5, 0.6) is 0 Å². The maximum Gasteiger partial charge on any atom is 0.182 e. The van der Waals surface area contributed by atoms with Crippen LogP contribution in [0.15, 0.2) is 28.8 Å². The van der Waals surface area contributed by atoms with E-state index >= 15 is 0 Å². The predicted molar refractivity (Wildman–Crippen MR) is 64.1 cm³/mol. The lowest BCUT2D eigenvalue weighted by molar-refractivity contribution is 0.435. The molecule has 0 spiro atoms. The first kappa shape index (κ1) is 9.79. The molecule has 3 nitrogen and oxygen atoms in total. The Morgan fingerprint density at radius 1 is 1.29 bits per heavy atom. The lowest BCUT2D eigenvalue weighted by atomic mass is 10.2. The average molecular weight is 321 g/mol. The van der Waals surface area contributed by atoms with Crippen molar-refractivity contribution in [1.82, 2.24) is 5.16 Å². The van der Waals surface area contributed by atoms with E-state index in [9.17, 15) is 0 Å². The molecular formula is C9H6ClIN2O. The fourth-order valence-corrected chi connectivity index (χ4v) is 1.71. The van der Waals surface area contributed by atoms with Gasteiger partial charge >= 0.3 is 0 Å². The molecule has 0 atom stereocenters. The van der Waals surface area contributed by atoms with Crippen molar-refractivity contribution in [2.75, 3.05) is 5.73 Å². The van der Waals surface area contributed by atoms with Crippen LogP contribution in [0.25, 0.3) is 11.3 Å². The Bertz CT molecular complexity index is 452. The third kappa shape index (κ3) is 1.72. The summed E-state index contributed by atoms with van der Waals surface area (Å²) in [6, 6.07) is 7.33. The summed E-state index contributed by atoms with van der Waals surface area (Å²) >= 11 is 7.87. The second kappa shape index (κ2) is 3.78. The summed E-state index contributed by atoms with van der Waals surface area (Å²) in [5, 5.41) is 4.37. The second-order valence-electron chi connectivity index (χ2n) is 2.72. The van der Waals surface area contributed by atoms with Crippen molar-refractivity contribution in [3.05, 3.63) is 32.9 Å². The van der Waals surface area contributed by atoms with Gasteiger partial charge in [-0.2, -0.15) is 0 Å². The molecule has 0 amide bonds. The normalized spacial score (nSPS) is 10.4. The first-order valence-corrected chi connectivity index (χ1v) is 5.31. The highest BCUT2D eigenvalue weighted by atomic mass is 127. The highest BCUT2D eigenvalue weighted by Gasteiger charge is 2.12. The van der Waals surface area contributed by atoms with Crippen LogP contribution in [-0.4, -0.2) is 5.16 Å². The summed E-state index contributed by atoms with van der Waals surface area (Å²) in [6.07, 6.45) is 0. The number of hydrogen-bond acceptors (Lipinski definition) is 3. The molecule has 1 aromatic heterocycles. The van der Waals surface area contributed by atoms with Crippen molar-refractivity contribution in [3.8, 4) is 11.3 Å². The number of halogens is 2. The molecule has 1 heterocycles. The van der Waals surface area contributed by atoms with Crippen LogP contribution >= 0.6 is 34.2 Å². The van der Waals surface area contributed by atoms with Crippen molar-refractivity contribution in [3.63, 3.8) is 0 Å². The number of anilines is 1. The molecule has 0 aliphatic rings. The summed E-state index contributed by atoms with van der Waals surface area (Å²) in [7, 11) is 0. The second-order valence-corrected chi connectivity index (χ2v) is 4.23. The van der Waals surface area contributed by atoms with Crippen LogP contribution < -0.4 is 5.73 Å². The van der Waals surface area contributed by atoms with Gasteiger partial charge in [0.05, 0.1) is 0 Å². The number of rotatable bonds is 1. The average Bonchev–Trinajstić information content (AvgIpc) is 2.50. The van der Waals surface area contributed by atoms with E-state index in [1.807, 2.05) is 12.1 Å². The Labute approximate surface area is 99.4 Å². The summed E-state index contributed by atoms with van der Waals surface area (Å²) < 4.78 is 5.92. The Morgan fingerprint density at radius 3 is 2.43 bits per heavy atom. The van der Waals surface area contributed by atoms with Gasteiger partial charge in [-0.15, -0.1) is 0 Å². The van der Waals surface area contributed by atoms with E-state index in [1.165, 1.54) is 0 Å². The Balaban J connectivity index is 2.49. The zero-order chi connectivity index (χ0) is 10.1. The molecule has 5 heteroatoms. The standard InChI is InChI=1S/C9H6ClIN2O/c10-6-3-1-5(2-4-6)8-7(11)9(12)13-14-8/h1-4H,(H2,12,13). The largest absolute Gasteiger partial charge is 0.380 e. The van der Waals surface area contributed by atoms with Crippen molar-refractivity contribution in [1.29, 1.82) is 0 Å². The monoisotopic (exact) mass is 320 g/mol. The van der Waals surface area contributed by atoms with Gasteiger partial charge in [-0.1, -0.05) is 16.8 Å². The number of nitrogens with zero attached hydrogens (tertiary/aromatic N) is 1. The molecule has 0 bridgehead atoms. The van der Waals surface area contributed by atoms with Crippen molar-refractivity contribution in [2.24, 2.45) is 0 Å². The summed E-state index contributed by atoms with van der Waals surface area (Å²) in [4.78, 5) is 0. The highest BCUT2D eigenvalue weighted by Crippen LogP contribution is 2.29. The van der Waals surface area contributed by atoms with Crippen LogP contribution in [-0.2, 0) is 0 Å². The zero-order valence-corrected chi connectivity index (χ0v) is 9.91. The predicted octanol–water partition coefficient (Wildman–Crippen LogP) is 3.18. The Kier molecular flexibility index (Phi) is 2.64. The van der Waals surface area contributed by atoms with Gasteiger partial charge in [-0.05, 0) is 46.9 Å². The van der Waals surface area contributed by atoms with Crippen LogP contribution in [0, 0.1) is 3.57 Å². The number of nitrogen functional groups attached to an aromatic ring is 1. The number of aromatic nitrogens is 1. The minimum Gasteiger partial charge on any atom is -0.380 e. The van der Waals surface area contributed by atoms with Gasteiger partial charge in [0.15, 0.2) is 11.6 Å². The van der Waals surface area contributed by atoms with E-state index in [2.05, 4.69) is 27.7 Å². The molecule has 0 unspecified atom stereocenters. The van der Waals surface area contributed by atoms with E-state index < -0.39 is 0 Å². The molecule has 0 aliphatic carbocycles. The minimum atomic E-state index is 0.413.